The van der Waals surface area contributed by atoms with Gasteiger partial charge in [0.1, 0.15) is 0 Å². The van der Waals surface area contributed by atoms with Crippen molar-refractivity contribution >= 4 is 0 Å². The molecule has 0 aliphatic carbocycles. The second kappa shape index (κ2) is 6.01. The Labute approximate surface area is 114 Å². The van der Waals surface area contributed by atoms with Gasteiger partial charge in [0.05, 0.1) is 19.3 Å². The quantitative estimate of drug-likeness (QED) is 0.871. The van der Waals surface area contributed by atoms with Gasteiger partial charge in [-0.2, -0.15) is 0 Å². The zero-order valence-electron chi connectivity index (χ0n) is 11.5. The highest BCUT2D eigenvalue weighted by Crippen LogP contribution is 2.24. The second-order valence-corrected chi connectivity index (χ2v) is 5.35. The number of rotatable bonds is 2. The van der Waals surface area contributed by atoms with E-state index in [1.807, 2.05) is 0 Å². The number of nitrogens with one attached hydrogen (secondary N) is 1. The van der Waals surface area contributed by atoms with Crippen molar-refractivity contribution in [3.8, 4) is 0 Å². The molecule has 2 aliphatic rings. The molecule has 4 nitrogen and oxygen atoms in total. The minimum Gasteiger partial charge on any atom is -0.347 e. The second-order valence-electron chi connectivity index (χ2n) is 5.35. The van der Waals surface area contributed by atoms with Crippen molar-refractivity contribution < 1.29 is 9.47 Å². The molecule has 0 radical (unpaired) electrons. The van der Waals surface area contributed by atoms with Gasteiger partial charge in [0.25, 0.3) is 0 Å². The van der Waals surface area contributed by atoms with Crippen molar-refractivity contribution in [1.29, 1.82) is 0 Å². The molecule has 3 rings (SSSR count). The third kappa shape index (κ3) is 3.15. The van der Waals surface area contributed by atoms with Crippen LogP contribution in [-0.2, 0) is 9.47 Å². The molecular formula is C15H22N2O2. The van der Waals surface area contributed by atoms with Gasteiger partial charge >= 0.3 is 0 Å². The average molecular weight is 262 g/mol. The minimum absolute atomic E-state index is 0.195. The molecule has 0 unspecified atom stereocenters. The summed E-state index contributed by atoms with van der Waals surface area (Å²) in [5, 5.41) is 3.37. The average Bonchev–Trinajstić information content (AvgIpc) is 2.49. The van der Waals surface area contributed by atoms with E-state index >= 15 is 0 Å². The third-order valence-electron chi connectivity index (χ3n) is 3.90. The fraction of sp³-hybridized carbons (Fsp3) is 0.600. The summed E-state index contributed by atoms with van der Waals surface area (Å²) in [4.78, 5) is 2.46. The van der Waals surface area contributed by atoms with E-state index < -0.39 is 0 Å². The molecule has 0 aromatic heterocycles. The van der Waals surface area contributed by atoms with Gasteiger partial charge < -0.3 is 14.8 Å². The van der Waals surface area contributed by atoms with Crippen LogP contribution in [0.15, 0.2) is 24.3 Å². The summed E-state index contributed by atoms with van der Waals surface area (Å²) in [7, 11) is 0. The van der Waals surface area contributed by atoms with Crippen LogP contribution in [0, 0.1) is 6.92 Å². The lowest BCUT2D eigenvalue weighted by atomic mass is 10.1. The molecule has 1 aromatic rings. The lowest BCUT2D eigenvalue weighted by Gasteiger charge is -2.38. The van der Waals surface area contributed by atoms with Crippen molar-refractivity contribution in [2.45, 2.75) is 19.3 Å². The Morgan fingerprint density at radius 1 is 1.05 bits per heavy atom. The van der Waals surface area contributed by atoms with E-state index in [0.717, 1.165) is 45.0 Å². The van der Waals surface area contributed by atoms with Crippen LogP contribution >= 0.6 is 0 Å². The first-order chi connectivity index (χ1) is 9.33. The van der Waals surface area contributed by atoms with E-state index in [9.17, 15) is 0 Å². The number of piperazine rings is 1. The molecular weight excluding hydrogens is 240 g/mol. The normalized spacial score (nSPS) is 29.3. The SMILES string of the molecule is Cc1ccc(C2OCC(N3CCNCC3)CO2)cc1. The maximum absolute atomic E-state index is 5.89. The molecule has 0 amide bonds. The van der Waals surface area contributed by atoms with Crippen LogP contribution in [0.3, 0.4) is 0 Å². The van der Waals surface area contributed by atoms with Gasteiger partial charge in [-0.1, -0.05) is 29.8 Å². The Morgan fingerprint density at radius 3 is 2.32 bits per heavy atom. The lowest BCUT2D eigenvalue weighted by molar-refractivity contribution is -0.209. The van der Waals surface area contributed by atoms with Crippen molar-refractivity contribution in [1.82, 2.24) is 10.2 Å². The molecule has 0 saturated carbocycles. The molecule has 2 heterocycles. The topological polar surface area (TPSA) is 33.7 Å². The summed E-state index contributed by atoms with van der Waals surface area (Å²) in [5.41, 5.74) is 2.38. The van der Waals surface area contributed by atoms with Crippen LogP contribution in [0.5, 0.6) is 0 Å². The summed E-state index contributed by atoms with van der Waals surface area (Å²) in [5.74, 6) is 0. The van der Waals surface area contributed by atoms with Gasteiger partial charge in [-0.3, -0.25) is 4.90 Å². The Kier molecular flexibility index (Phi) is 4.13. The zero-order chi connectivity index (χ0) is 13.1. The number of benzene rings is 1. The maximum atomic E-state index is 5.89. The van der Waals surface area contributed by atoms with Gasteiger partial charge in [0.2, 0.25) is 0 Å². The molecule has 4 heteroatoms. The lowest BCUT2D eigenvalue weighted by Crippen LogP contribution is -2.53. The fourth-order valence-electron chi connectivity index (χ4n) is 2.67. The summed E-state index contributed by atoms with van der Waals surface area (Å²) < 4.78 is 11.8. The first-order valence-electron chi connectivity index (χ1n) is 7.07. The molecule has 1 N–H and O–H groups in total. The van der Waals surface area contributed by atoms with Crippen LogP contribution in [0.4, 0.5) is 0 Å². The monoisotopic (exact) mass is 262 g/mol. The van der Waals surface area contributed by atoms with Crippen LogP contribution in [0.2, 0.25) is 0 Å². The van der Waals surface area contributed by atoms with Gasteiger partial charge in [0.15, 0.2) is 6.29 Å². The summed E-state index contributed by atoms with van der Waals surface area (Å²) >= 11 is 0. The first-order valence-corrected chi connectivity index (χ1v) is 7.07. The number of aryl methyl sites for hydroxylation is 1. The molecule has 104 valence electrons. The highest BCUT2D eigenvalue weighted by Gasteiger charge is 2.28. The molecule has 0 bridgehead atoms. The summed E-state index contributed by atoms with van der Waals surface area (Å²) in [6, 6.07) is 8.79. The first kappa shape index (κ1) is 13.1. The van der Waals surface area contributed by atoms with Crippen molar-refractivity contribution in [3.63, 3.8) is 0 Å². The molecule has 2 saturated heterocycles. The molecule has 0 spiro atoms. The Balaban J connectivity index is 1.55. The number of ether oxygens (including phenoxy) is 2. The molecule has 2 aliphatic heterocycles. The summed E-state index contributed by atoms with van der Waals surface area (Å²) in [6.07, 6.45) is -0.195. The number of nitrogens with zero attached hydrogens (tertiary/aromatic N) is 1. The molecule has 0 atom stereocenters. The minimum atomic E-state index is -0.195. The standard InChI is InChI=1S/C15H22N2O2/c1-12-2-4-13(5-3-12)15-18-10-14(11-19-15)17-8-6-16-7-9-17/h2-5,14-16H,6-11H2,1H3. The van der Waals surface area contributed by atoms with Gasteiger partial charge in [-0.15, -0.1) is 0 Å². The van der Waals surface area contributed by atoms with Crippen molar-refractivity contribution in [2.24, 2.45) is 0 Å². The number of hydrogen-bond donors (Lipinski definition) is 1. The van der Waals surface area contributed by atoms with Crippen LogP contribution in [-0.4, -0.2) is 50.3 Å². The number of hydrogen-bond acceptors (Lipinski definition) is 4. The Bertz CT molecular complexity index is 393. The smallest absolute Gasteiger partial charge is 0.183 e. The highest BCUT2D eigenvalue weighted by molar-refractivity contribution is 5.22. The van der Waals surface area contributed by atoms with Gasteiger partial charge in [-0.25, -0.2) is 0 Å². The molecule has 19 heavy (non-hydrogen) atoms. The van der Waals surface area contributed by atoms with E-state index in [-0.39, 0.29) is 6.29 Å². The van der Waals surface area contributed by atoms with E-state index in [4.69, 9.17) is 9.47 Å². The van der Waals surface area contributed by atoms with Gasteiger partial charge in [0, 0.05) is 31.7 Å². The largest absolute Gasteiger partial charge is 0.347 e. The highest BCUT2D eigenvalue weighted by atomic mass is 16.7. The zero-order valence-corrected chi connectivity index (χ0v) is 11.5. The molecule has 1 aromatic carbocycles. The molecule has 2 fully saturated rings. The Morgan fingerprint density at radius 2 is 1.68 bits per heavy atom. The fourth-order valence-corrected chi connectivity index (χ4v) is 2.67. The predicted octanol–water partition coefficient (Wildman–Crippen LogP) is 1.31. The third-order valence-corrected chi connectivity index (χ3v) is 3.90. The van der Waals surface area contributed by atoms with Crippen molar-refractivity contribution in [2.75, 3.05) is 39.4 Å². The van der Waals surface area contributed by atoms with Crippen molar-refractivity contribution in [3.05, 3.63) is 35.4 Å². The van der Waals surface area contributed by atoms with E-state index in [0.29, 0.717) is 6.04 Å². The Hall–Kier alpha value is -0.940. The van der Waals surface area contributed by atoms with E-state index in [1.54, 1.807) is 0 Å². The summed E-state index contributed by atoms with van der Waals surface area (Å²) in [6.45, 7) is 7.93. The van der Waals surface area contributed by atoms with Crippen LogP contribution in [0.1, 0.15) is 17.4 Å². The van der Waals surface area contributed by atoms with Crippen LogP contribution in [0.25, 0.3) is 0 Å². The van der Waals surface area contributed by atoms with Gasteiger partial charge in [-0.05, 0) is 6.92 Å². The predicted molar refractivity (Wildman–Crippen MR) is 74.1 cm³/mol. The van der Waals surface area contributed by atoms with E-state index in [2.05, 4.69) is 41.4 Å². The van der Waals surface area contributed by atoms with E-state index in [1.165, 1.54) is 5.56 Å². The van der Waals surface area contributed by atoms with Crippen LogP contribution < -0.4 is 5.32 Å². The maximum Gasteiger partial charge on any atom is 0.183 e.